The minimum atomic E-state index is -0.131. The van der Waals surface area contributed by atoms with Crippen LogP contribution in [-0.2, 0) is 7.05 Å². The number of aryl methyl sites for hydroxylation is 1. The van der Waals surface area contributed by atoms with E-state index in [9.17, 15) is 4.79 Å². The Kier molecular flexibility index (Phi) is 5.52. The highest BCUT2D eigenvalue weighted by molar-refractivity contribution is 7.10. The molecule has 3 heterocycles. The van der Waals surface area contributed by atoms with Gasteiger partial charge in [-0.15, -0.1) is 16.4 Å². The van der Waals surface area contributed by atoms with Gasteiger partial charge in [-0.1, -0.05) is 6.07 Å². The maximum atomic E-state index is 12.2. The van der Waals surface area contributed by atoms with Gasteiger partial charge < -0.3 is 15.0 Å². The summed E-state index contributed by atoms with van der Waals surface area (Å²) >= 11 is 1.86. The molecule has 0 bridgehead atoms. The third kappa shape index (κ3) is 3.96. The van der Waals surface area contributed by atoms with Crippen molar-refractivity contribution in [3.8, 4) is 5.88 Å². The van der Waals surface area contributed by atoms with Crippen LogP contribution in [0.3, 0.4) is 0 Å². The first-order chi connectivity index (χ1) is 11.7. The molecule has 1 fully saturated rings. The number of amides is 1. The van der Waals surface area contributed by atoms with E-state index in [1.807, 2.05) is 11.3 Å². The van der Waals surface area contributed by atoms with E-state index < -0.39 is 0 Å². The van der Waals surface area contributed by atoms with E-state index in [4.69, 9.17) is 4.74 Å². The first kappa shape index (κ1) is 17.0. The number of hydrogen-bond donors (Lipinski definition) is 1. The Balaban J connectivity index is 1.41. The van der Waals surface area contributed by atoms with Gasteiger partial charge in [0.1, 0.15) is 5.56 Å². The van der Waals surface area contributed by atoms with E-state index in [2.05, 4.69) is 32.8 Å². The van der Waals surface area contributed by atoms with Crippen molar-refractivity contribution in [3.05, 3.63) is 34.2 Å². The Hall–Kier alpha value is -1.86. The molecule has 0 aromatic carbocycles. The number of methoxy groups -OCH3 is 1. The van der Waals surface area contributed by atoms with Crippen LogP contribution in [-0.4, -0.2) is 53.9 Å². The molecule has 1 saturated heterocycles. The van der Waals surface area contributed by atoms with Crippen LogP contribution in [0.4, 0.5) is 0 Å². The summed E-state index contributed by atoms with van der Waals surface area (Å²) in [6.45, 7) is 3.70. The lowest BCUT2D eigenvalue weighted by Gasteiger charge is -2.31. The first-order valence-electron chi connectivity index (χ1n) is 8.29. The number of rotatable bonds is 6. The van der Waals surface area contributed by atoms with Crippen LogP contribution in [0.1, 0.15) is 34.0 Å². The maximum Gasteiger partial charge on any atom is 0.258 e. The van der Waals surface area contributed by atoms with Gasteiger partial charge in [0.15, 0.2) is 0 Å². The smallest absolute Gasteiger partial charge is 0.258 e. The van der Waals surface area contributed by atoms with Crippen molar-refractivity contribution in [2.45, 2.75) is 18.8 Å². The van der Waals surface area contributed by atoms with Gasteiger partial charge in [-0.2, -0.15) is 0 Å². The van der Waals surface area contributed by atoms with Crippen LogP contribution in [0, 0.1) is 0 Å². The van der Waals surface area contributed by atoms with Crippen molar-refractivity contribution in [2.24, 2.45) is 7.05 Å². The molecule has 1 N–H and O–H groups in total. The predicted octanol–water partition coefficient (Wildman–Crippen LogP) is 2.10. The zero-order valence-electron chi connectivity index (χ0n) is 14.2. The van der Waals surface area contributed by atoms with Gasteiger partial charge in [0, 0.05) is 31.2 Å². The molecule has 1 amide bonds. The number of carbonyl (C=O) groups is 1. The van der Waals surface area contributed by atoms with Gasteiger partial charge in [-0.25, -0.2) is 0 Å². The van der Waals surface area contributed by atoms with Gasteiger partial charge in [-0.3, -0.25) is 9.48 Å². The van der Waals surface area contributed by atoms with Crippen molar-refractivity contribution in [2.75, 3.05) is 33.3 Å². The van der Waals surface area contributed by atoms with Gasteiger partial charge in [0.25, 0.3) is 5.91 Å². The predicted molar refractivity (Wildman–Crippen MR) is 94.8 cm³/mol. The van der Waals surface area contributed by atoms with Crippen molar-refractivity contribution in [1.29, 1.82) is 0 Å². The molecule has 7 heteroatoms. The van der Waals surface area contributed by atoms with Gasteiger partial charge in [-0.05, 0) is 43.3 Å². The molecule has 2 aromatic rings. The monoisotopic (exact) mass is 348 g/mol. The molecule has 3 rings (SSSR count). The molecule has 0 unspecified atom stereocenters. The third-order valence-electron chi connectivity index (χ3n) is 4.48. The second-order valence-electron chi connectivity index (χ2n) is 6.11. The van der Waals surface area contributed by atoms with Crippen molar-refractivity contribution >= 4 is 17.2 Å². The van der Waals surface area contributed by atoms with E-state index in [-0.39, 0.29) is 5.91 Å². The Bertz CT molecular complexity index is 660. The molecule has 0 saturated carbocycles. The number of aromatic nitrogens is 2. The quantitative estimate of drug-likeness (QED) is 0.868. The summed E-state index contributed by atoms with van der Waals surface area (Å²) in [4.78, 5) is 16.2. The number of piperidine rings is 1. The molecular weight excluding hydrogens is 324 g/mol. The molecule has 0 radical (unpaired) electrons. The maximum absolute atomic E-state index is 12.2. The number of nitrogens with zero attached hydrogens (tertiary/aromatic N) is 3. The molecule has 24 heavy (non-hydrogen) atoms. The van der Waals surface area contributed by atoms with Crippen LogP contribution >= 0.6 is 11.3 Å². The fraction of sp³-hybridized carbons (Fsp3) is 0.529. The topological polar surface area (TPSA) is 59.4 Å². The number of nitrogens with one attached hydrogen (secondary N) is 1. The summed E-state index contributed by atoms with van der Waals surface area (Å²) < 4.78 is 6.71. The summed E-state index contributed by atoms with van der Waals surface area (Å²) in [5.41, 5.74) is 0.483. The van der Waals surface area contributed by atoms with Crippen LogP contribution in [0.5, 0.6) is 5.88 Å². The Morgan fingerprint density at radius 3 is 2.92 bits per heavy atom. The van der Waals surface area contributed by atoms with Crippen LogP contribution in [0.25, 0.3) is 0 Å². The highest BCUT2D eigenvalue weighted by Crippen LogP contribution is 2.30. The molecule has 0 atom stereocenters. The molecule has 6 nitrogen and oxygen atoms in total. The second kappa shape index (κ2) is 7.81. The van der Waals surface area contributed by atoms with Gasteiger partial charge >= 0.3 is 0 Å². The average Bonchev–Trinajstić information content (AvgIpc) is 3.24. The van der Waals surface area contributed by atoms with Gasteiger partial charge in [0.2, 0.25) is 5.88 Å². The first-order valence-corrected chi connectivity index (χ1v) is 9.17. The summed E-state index contributed by atoms with van der Waals surface area (Å²) in [6, 6.07) is 4.38. The Labute approximate surface area is 146 Å². The SMILES string of the molecule is COc1nn(C)cc1C(=O)NCCN1CCC(c2cccs2)CC1. The van der Waals surface area contributed by atoms with Crippen molar-refractivity contribution in [1.82, 2.24) is 20.0 Å². The van der Waals surface area contributed by atoms with Crippen molar-refractivity contribution in [3.63, 3.8) is 0 Å². The summed E-state index contributed by atoms with van der Waals surface area (Å²) in [5, 5.41) is 9.22. The zero-order valence-corrected chi connectivity index (χ0v) is 15.0. The molecule has 1 aliphatic rings. The zero-order chi connectivity index (χ0) is 16.9. The number of ether oxygens (including phenoxy) is 1. The fourth-order valence-corrected chi connectivity index (χ4v) is 4.06. The van der Waals surface area contributed by atoms with E-state index >= 15 is 0 Å². The molecule has 130 valence electrons. The lowest BCUT2D eigenvalue weighted by atomic mass is 9.95. The van der Waals surface area contributed by atoms with E-state index in [1.54, 1.807) is 17.9 Å². The molecular formula is C17H24N4O2S. The Morgan fingerprint density at radius 1 is 1.46 bits per heavy atom. The summed E-state index contributed by atoms with van der Waals surface area (Å²) in [5.74, 6) is 0.940. The lowest BCUT2D eigenvalue weighted by Crippen LogP contribution is -2.39. The molecule has 2 aromatic heterocycles. The third-order valence-corrected chi connectivity index (χ3v) is 5.51. The van der Waals surface area contributed by atoms with E-state index in [0.717, 1.165) is 19.6 Å². The summed E-state index contributed by atoms with van der Waals surface area (Å²) in [7, 11) is 3.30. The van der Waals surface area contributed by atoms with Crippen LogP contribution in [0.15, 0.2) is 23.7 Å². The molecule has 0 spiro atoms. The normalized spacial score (nSPS) is 16.2. The minimum Gasteiger partial charge on any atom is -0.479 e. The van der Waals surface area contributed by atoms with Gasteiger partial charge in [0.05, 0.1) is 7.11 Å². The average molecular weight is 348 g/mol. The van der Waals surface area contributed by atoms with Crippen LogP contribution < -0.4 is 10.1 Å². The van der Waals surface area contributed by atoms with E-state index in [1.165, 1.54) is 24.8 Å². The molecule has 1 aliphatic heterocycles. The largest absolute Gasteiger partial charge is 0.479 e. The van der Waals surface area contributed by atoms with Crippen molar-refractivity contribution < 1.29 is 9.53 Å². The number of likely N-dealkylation sites (tertiary alicyclic amines) is 1. The second-order valence-corrected chi connectivity index (χ2v) is 7.09. The number of hydrogen-bond acceptors (Lipinski definition) is 5. The highest BCUT2D eigenvalue weighted by Gasteiger charge is 2.21. The van der Waals surface area contributed by atoms with Crippen LogP contribution in [0.2, 0.25) is 0 Å². The summed E-state index contributed by atoms with van der Waals surface area (Å²) in [6.07, 6.45) is 4.08. The highest BCUT2D eigenvalue weighted by atomic mass is 32.1. The molecule has 0 aliphatic carbocycles. The van der Waals surface area contributed by atoms with E-state index in [0.29, 0.717) is 23.9 Å². The lowest BCUT2D eigenvalue weighted by molar-refractivity contribution is 0.0942. The minimum absolute atomic E-state index is 0.131. The fourth-order valence-electron chi connectivity index (χ4n) is 3.16. The number of carbonyl (C=O) groups excluding carboxylic acids is 1. The standard InChI is InChI=1S/C17H24N4O2S/c1-20-12-14(17(19-20)23-2)16(22)18-7-10-21-8-5-13(6-9-21)15-4-3-11-24-15/h3-4,11-13H,5-10H2,1-2H3,(H,18,22). The Morgan fingerprint density at radius 2 is 2.25 bits per heavy atom. The number of thiophene rings is 1.